The van der Waals surface area contributed by atoms with Gasteiger partial charge < -0.3 is 0 Å². The van der Waals surface area contributed by atoms with Gasteiger partial charge in [-0.25, -0.2) is 9.74 Å². The molecule has 0 saturated heterocycles. The van der Waals surface area contributed by atoms with Gasteiger partial charge in [0, 0.05) is 4.53 Å². The summed E-state index contributed by atoms with van der Waals surface area (Å²) in [5.41, 5.74) is 0. The number of carbonyl (C=O) groups excluding carboxylic acids is 1. The van der Waals surface area contributed by atoms with Gasteiger partial charge in [-0.3, -0.25) is 0 Å². The van der Waals surface area contributed by atoms with E-state index in [1.54, 1.807) is 0 Å². The molecule has 0 fully saturated rings. The van der Waals surface area contributed by atoms with Gasteiger partial charge >= 0.3 is 18.1 Å². The summed E-state index contributed by atoms with van der Waals surface area (Å²) in [6, 6.07) is 0. The third-order valence-electron chi connectivity index (χ3n) is 0.791. The lowest BCUT2D eigenvalue weighted by Crippen LogP contribution is -2.34. The second kappa shape index (κ2) is 3.20. The number of rotatable bonds is 2. The molecule has 2 nitrogen and oxygen atoms in total. The van der Waals surface area contributed by atoms with Crippen molar-refractivity contribution in [1.82, 2.24) is 0 Å². The van der Waals surface area contributed by atoms with Crippen LogP contribution in [-0.2, 0) is 9.74 Å². The van der Waals surface area contributed by atoms with Crippen molar-refractivity contribution in [3.8, 4) is 0 Å². The maximum absolute atomic E-state index is 11.9. The molecule has 8 heteroatoms. The van der Waals surface area contributed by atoms with Gasteiger partial charge in [0.15, 0.2) is 0 Å². The molecule has 0 spiro atoms. The topological polar surface area (TPSA) is 26.3 Å². The first-order chi connectivity index (χ1) is 5.19. The first-order valence-electron chi connectivity index (χ1n) is 2.46. The van der Waals surface area contributed by atoms with Crippen LogP contribution in [0.25, 0.3) is 0 Å². The van der Waals surface area contributed by atoms with E-state index in [-0.39, 0.29) is 0 Å². The van der Waals surface area contributed by atoms with Gasteiger partial charge in [0.1, 0.15) is 6.42 Å². The van der Waals surface area contributed by atoms with E-state index in [9.17, 15) is 31.3 Å². The lowest BCUT2D eigenvalue weighted by Gasteiger charge is -2.13. The summed E-state index contributed by atoms with van der Waals surface area (Å²) in [6.07, 6.45) is -7.99. The average molecular weight is 196 g/mol. The van der Waals surface area contributed by atoms with Crippen LogP contribution < -0.4 is 0 Å². The van der Waals surface area contributed by atoms with Crippen molar-refractivity contribution >= 4 is 5.97 Å². The van der Waals surface area contributed by atoms with E-state index in [4.69, 9.17) is 0 Å². The van der Waals surface area contributed by atoms with Crippen molar-refractivity contribution in [2.75, 3.05) is 0 Å². The van der Waals surface area contributed by atoms with Crippen LogP contribution in [0.4, 0.5) is 26.5 Å². The molecule has 0 saturated carbocycles. The van der Waals surface area contributed by atoms with Crippen LogP contribution in [0.5, 0.6) is 0 Å². The molecule has 0 aliphatic carbocycles. The molecule has 0 amide bonds. The molecule has 0 aromatic rings. The first kappa shape index (κ1) is 11.0. The maximum Gasteiger partial charge on any atom is 0.417 e. The average Bonchev–Trinajstić information content (AvgIpc) is 1.80. The van der Waals surface area contributed by atoms with Crippen LogP contribution in [0.15, 0.2) is 0 Å². The summed E-state index contributed by atoms with van der Waals surface area (Å²) in [4.78, 5) is 11.6. The van der Waals surface area contributed by atoms with E-state index >= 15 is 0 Å². The van der Waals surface area contributed by atoms with Gasteiger partial charge in [0.05, 0.1) is 0 Å². The molecule has 0 aromatic heterocycles. The standard InChI is InChI=1S/C4H2F6O2/c5-3(6,2(11)12-10)1-4(7,8)9/h1H2. The van der Waals surface area contributed by atoms with Crippen molar-refractivity contribution in [2.24, 2.45) is 0 Å². The summed E-state index contributed by atoms with van der Waals surface area (Å²) < 4.78 is 68.2. The molecule has 0 rings (SSSR count). The first-order valence-corrected chi connectivity index (χ1v) is 2.46. The maximum atomic E-state index is 11.9. The second-order valence-corrected chi connectivity index (χ2v) is 1.86. The molecule has 72 valence electrons. The predicted octanol–water partition coefficient (Wildman–Crippen LogP) is 2.00. The molecule has 0 aliphatic rings. The highest BCUT2D eigenvalue weighted by Gasteiger charge is 2.51. The van der Waals surface area contributed by atoms with Crippen molar-refractivity contribution in [3.63, 3.8) is 0 Å². The Morgan fingerprint density at radius 1 is 1.17 bits per heavy atom. The molecule has 0 atom stereocenters. The number of hydrogen-bond acceptors (Lipinski definition) is 2. The lowest BCUT2D eigenvalue weighted by molar-refractivity contribution is -0.233. The number of carbonyl (C=O) groups is 1. The normalized spacial score (nSPS) is 12.8. The molecular weight excluding hydrogens is 194 g/mol. The Morgan fingerprint density at radius 3 is 1.83 bits per heavy atom. The van der Waals surface area contributed by atoms with E-state index in [1.165, 1.54) is 0 Å². The zero-order chi connectivity index (χ0) is 9.99. The SMILES string of the molecule is O=C(OF)C(F)(F)CC(F)(F)F. The molecule has 0 heterocycles. The van der Waals surface area contributed by atoms with Gasteiger partial charge in [-0.1, -0.05) is 0 Å². The van der Waals surface area contributed by atoms with Gasteiger partial charge in [-0.2, -0.15) is 22.0 Å². The van der Waals surface area contributed by atoms with Gasteiger partial charge in [0.2, 0.25) is 0 Å². The van der Waals surface area contributed by atoms with Gasteiger partial charge in [-0.05, 0) is 0 Å². The van der Waals surface area contributed by atoms with E-state index < -0.39 is 24.5 Å². The predicted molar refractivity (Wildman–Crippen MR) is 22.8 cm³/mol. The summed E-state index contributed by atoms with van der Waals surface area (Å²) in [5, 5.41) is 0. The van der Waals surface area contributed by atoms with Gasteiger partial charge in [-0.15, -0.1) is 0 Å². The Labute approximate surface area is 62.0 Å². The van der Waals surface area contributed by atoms with E-state index in [0.717, 1.165) is 0 Å². The molecule has 0 radical (unpaired) electrons. The summed E-state index contributed by atoms with van der Waals surface area (Å²) in [7, 11) is 0. The number of hydrogen-bond donors (Lipinski definition) is 0. The van der Waals surface area contributed by atoms with Crippen LogP contribution in [-0.4, -0.2) is 18.1 Å². The Balaban J connectivity index is 4.32. The monoisotopic (exact) mass is 196 g/mol. The van der Waals surface area contributed by atoms with Crippen LogP contribution in [0, 0.1) is 0 Å². The number of alkyl halides is 5. The molecular formula is C4H2F6O2. The summed E-state index contributed by atoms with van der Waals surface area (Å²) >= 11 is 0. The molecule has 0 bridgehead atoms. The highest BCUT2D eigenvalue weighted by atomic mass is 19.4. The van der Waals surface area contributed by atoms with Crippen molar-refractivity contribution < 1.29 is 36.2 Å². The summed E-state index contributed by atoms with van der Waals surface area (Å²) in [6.45, 7) is 0. The third-order valence-corrected chi connectivity index (χ3v) is 0.791. The van der Waals surface area contributed by atoms with Crippen molar-refractivity contribution in [3.05, 3.63) is 0 Å². The third kappa shape index (κ3) is 3.44. The van der Waals surface area contributed by atoms with Crippen molar-refractivity contribution in [1.29, 1.82) is 0 Å². The zero-order valence-electron chi connectivity index (χ0n) is 5.29. The fourth-order valence-electron chi connectivity index (χ4n) is 0.380. The highest BCUT2D eigenvalue weighted by molar-refractivity contribution is 5.76. The quantitative estimate of drug-likeness (QED) is 0.631. The Bertz CT molecular complexity index is 173. The minimum atomic E-state index is -5.25. The molecule has 12 heavy (non-hydrogen) atoms. The minimum Gasteiger partial charge on any atom is -0.248 e. The Hall–Kier alpha value is -0.950. The molecule has 0 aromatic carbocycles. The minimum absolute atomic E-state index is 1.97. The molecule has 0 aliphatic heterocycles. The zero-order valence-corrected chi connectivity index (χ0v) is 5.29. The largest absolute Gasteiger partial charge is 0.417 e. The lowest BCUT2D eigenvalue weighted by atomic mass is 10.2. The van der Waals surface area contributed by atoms with Crippen LogP contribution in [0.2, 0.25) is 0 Å². The smallest absolute Gasteiger partial charge is 0.248 e. The molecule has 0 N–H and O–H groups in total. The Kier molecular flexibility index (Phi) is 2.94. The fourth-order valence-corrected chi connectivity index (χ4v) is 0.380. The van der Waals surface area contributed by atoms with Crippen LogP contribution in [0.3, 0.4) is 0 Å². The highest BCUT2D eigenvalue weighted by Crippen LogP contribution is 2.32. The molecule has 0 unspecified atom stereocenters. The van der Waals surface area contributed by atoms with Crippen LogP contribution >= 0.6 is 0 Å². The Morgan fingerprint density at radius 2 is 1.58 bits per heavy atom. The van der Waals surface area contributed by atoms with Crippen LogP contribution in [0.1, 0.15) is 6.42 Å². The van der Waals surface area contributed by atoms with Gasteiger partial charge in [0.25, 0.3) is 0 Å². The second-order valence-electron chi connectivity index (χ2n) is 1.86. The van der Waals surface area contributed by atoms with E-state index in [2.05, 4.69) is 0 Å². The summed E-state index contributed by atoms with van der Waals surface area (Å²) in [5.74, 6) is -7.72. The number of halogens is 6. The fraction of sp³-hybridized carbons (Fsp3) is 0.750. The van der Waals surface area contributed by atoms with Crippen molar-refractivity contribution in [2.45, 2.75) is 18.5 Å². The van der Waals surface area contributed by atoms with E-state index in [1.807, 2.05) is 4.94 Å². The van der Waals surface area contributed by atoms with E-state index in [0.29, 0.717) is 0 Å².